The number of sulfonamides is 1. The molecule has 1 aliphatic heterocycles. The molecule has 158 valence electrons. The maximum atomic E-state index is 11.4. The van der Waals surface area contributed by atoms with Crippen molar-refractivity contribution in [3.63, 3.8) is 0 Å². The van der Waals surface area contributed by atoms with Crippen LogP contribution in [0.4, 0.5) is 0 Å². The van der Waals surface area contributed by atoms with Gasteiger partial charge < -0.3 is 10.2 Å². The molecule has 1 atom stereocenters. The lowest BCUT2D eigenvalue weighted by Gasteiger charge is -2.40. The summed E-state index contributed by atoms with van der Waals surface area (Å²) in [5.74, 6) is 0.836. The van der Waals surface area contributed by atoms with E-state index in [1.807, 2.05) is 0 Å². The molecule has 2 heterocycles. The van der Waals surface area contributed by atoms with Crippen molar-refractivity contribution >= 4 is 27.3 Å². The van der Waals surface area contributed by atoms with E-state index in [1.165, 1.54) is 16.9 Å². The first-order chi connectivity index (χ1) is 13.9. The Morgan fingerprint density at radius 2 is 1.86 bits per heavy atom. The van der Waals surface area contributed by atoms with Crippen molar-refractivity contribution < 1.29 is 8.42 Å². The van der Waals surface area contributed by atoms with Gasteiger partial charge in [-0.1, -0.05) is 37.3 Å². The SMILES string of the molecule is CCC(c1ccccc1)N1CCN(C(=NC)NCc2ccc(S(N)(=O)=O)s2)CC1. The molecule has 7 nitrogen and oxygen atoms in total. The third-order valence-corrected chi connectivity index (χ3v) is 7.70. The monoisotopic (exact) mass is 435 g/mol. The van der Waals surface area contributed by atoms with Crippen molar-refractivity contribution in [2.75, 3.05) is 33.2 Å². The number of nitrogens with zero attached hydrogens (tertiary/aromatic N) is 3. The van der Waals surface area contributed by atoms with Crippen LogP contribution in [0.25, 0.3) is 0 Å². The quantitative estimate of drug-likeness (QED) is 0.536. The van der Waals surface area contributed by atoms with Crippen LogP contribution in [0.5, 0.6) is 0 Å². The van der Waals surface area contributed by atoms with E-state index in [0.717, 1.165) is 43.4 Å². The molecule has 3 rings (SSSR count). The molecule has 1 fully saturated rings. The number of guanidine groups is 1. The second-order valence-electron chi connectivity index (χ2n) is 7.02. The number of nitrogens with two attached hydrogens (primary N) is 1. The summed E-state index contributed by atoms with van der Waals surface area (Å²) >= 11 is 1.19. The summed E-state index contributed by atoms with van der Waals surface area (Å²) in [6.07, 6.45) is 1.09. The van der Waals surface area contributed by atoms with Crippen LogP contribution in [0, 0.1) is 0 Å². The summed E-state index contributed by atoms with van der Waals surface area (Å²) in [4.78, 5) is 10.1. The molecule has 9 heteroatoms. The summed E-state index contributed by atoms with van der Waals surface area (Å²) in [6.45, 7) is 6.51. The molecule has 0 spiro atoms. The Labute approximate surface area is 177 Å². The number of hydrogen-bond acceptors (Lipinski definition) is 5. The highest BCUT2D eigenvalue weighted by Gasteiger charge is 2.25. The van der Waals surface area contributed by atoms with Gasteiger partial charge >= 0.3 is 0 Å². The van der Waals surface area contributed by atoms with E-state index >= 15 is 0 Å². The normalized spacial score (nSPS) is 17.3. The highest BCUT2D eigenvalue weighted by molar-refractivity contribution is 7.91. The van der Waals surface area contributed by atoms with Crippen LogP contribution in [-0.4, -0.2) is 57.4 Å². The first-order valence-corrected chi connectivity index (χ1v) is 12.1. The smallest absolute Gasteiger partial charge is 0.247 e. The predicted octanol–water partition coefficient (Wildman–Crippen LogP) is 2.24. The molecule has 1 unspecified atom stereocenters. The molecular weight excluding hydrogens is 406 g/mol. The molecule has 3 N–H and O–H groups in total. The Morgan fingerprint density at radius 3 is 2.41 bits per heavy atom. The minimum Gasteiger partial charge on any atom is -0.351 e. The number of nitrogens with one attached hydrogen (secondary N) is 1. The molecule has 1 aromatic carbocycles. The fourth-order valence-corrected chi connectivity index (χ4v) is 5.45. The molecule has 1 aromatic heterocycles. The van der Waals surface area contributed by atoms with Gasteiger partial charge in [0.15, 0.2) is 5.96 Å². The van der Waals surface area contributed by atoms with Gasteiger partial charge in [0, 0.05) is 44.1 Å². The zero-order valence-electron chi connectivity index (χ0n) is 16.9. The zero-order chi connectivity index (χ0) is 20.9. The zero-order valence-corrected chi connectivity index (χ0v) is 18.5. The number of aliphatic imine (C=N–C) groups is 1. The average molecular weight is 436 g/mol. The van der Waals surface area contributed by atoms with Crippen LogP contribution in [-0.2, 0) is 16.6 Å². The Hall–Kier alpha value is -1.94. The van der Waals surface area contributed by atoms with Gasteiger partial charge in [-0.2, -0.15) is 0 Å². The van der Waals surface area contributed by atoms with Crippen LogP contribution < -0.4 is 10.5 Å². The summed E-state index contributed by atoms with van der Waals surface area (Å²) in [5.41, 5.74) is 1.37. The van der Waals surface area contributed by atoms with Gasteiger partial charge in [-0.3, -0.25) is 9.89 Å². The van der Waals surface area contributed by atoms with E-state index < -0.39 is 10.0 Å². The highest BCUT2D eigenvalue weighted by atomic mass is 32.2. The second-order valence-corrected chi connectivity index (χ2v) is 9.98. The molecule has 1 saturated heterocycles. The van der Waals surface area contributed by atoms with Crippen LogP contribution in [0.2, 0.25) is 0 Å². The van der Waals surface area contributed by atoms with E-state index in [4.69, 9.17) is 5.14 Å². The average Bonchev–Trinajstić information content (AvgIpc) is 3.20. The minimum absolute atomic E-state index is 0.185. The lowest BCUT2D eigenvalue weighted by atomic mass is 10.0. The summed E-state index contributed by atoms with van der Waals surface area (Å²) in [6, 6.07) is 14.5. The molecule has 0 radical (unpaired) electrons. The van der Waals surface area contributed by atoms with Gasteiger partial charge in [0.1, 0.15) is 4.21 Å². The van der Waals surface area contributed by atoms with Crippen molar-refractivity contribution in [3.8, 4) is 0 Å². The lowest BCUT2D eigenvalue weighted by Crippen LogP contribution is -2.52. The Balaban J connectivity index is 1.55. The van der Waals surface area contributed by atoms with Gasteiger partial charge in [-0.15, -0.1) is 11.3 Å². The van der Waals surface area contributed by atoms with Gasteiger partial charge in [0.05, 0.1) is 6.54 Å². The molecule has 2 aromatic rings. The molecule has 0 aliphatic carbocycles. The third kappa shape index (κ3) is 5.57. The molecular formula is C20H29N5O2S2. The highest BCUT2D eigenvalue weighted by Crippen LogP contribution is 2.25. The maximum Gasteiger partial charge on any atom is 0.247 e. The molecule has 0 amide bonds. The Morgan fingerprint density at radius 1 is 1.17 bits per heavy atom. The first kappa shape index (κ1) is 21.8. The standard InChI is InChI=1S/C20H29N5O2S2/c1-3-18(16-7-5-4-6-8-16)24-11-13-25(14-12-24)20(22-2)23-15-17-9-10-19(28-17)29(21,26)27/h4-10,18H,3,11-15H2,1-2H3,(H,22,23)(H2,21,26,27). The fourth-order valence-electron chi connectivity index (χ4n) is 3.73. The van der Waals surface area contributed by atoms with E-state index in [9.17, 15) is 8.42 Å². The van der Waals surface area contributed by atoms with Gasteiger partial charge in [-0.25, -0.2) is 13.6 Å². The van der Waals surface area contributed by atoms with Crippen LogP contribution in [0.3, 0.4) is 0 Å². The van der Waals surface area contributed by atoms with Crippen molar-refractivity contribution in [1.82, 2.24) is 15.1 Å². The van der Waals surface area contributed by atoms with Gasteiger partial charge in [0.25, 0.3) is 0 Å². The maximum absolute atomic E-state index is 11.4. The number of benzene rings is 1. The minimum atomic E-state index is -3.64. The fraction of sp³-hybridized carbons (Fsp3) is 0.450. The van der Waals surface area contributed by atoms with E-state index in [1.54, 1.807) is 19.2 Å². The first-order valence-electron chi connectivity index (χ1n) is 9.78. The lowest BCUT2D eigenvalue weighted by molar-refractivity contribution is 0.127. The van der Waals surface area contributed by atoms with Crippen molar-refractivity contribution in [2.24, 2.45) is 10.1 Å². The van der Waals surface area contributed by atoms with Crippen LogP contribution in [0.1, 0.15) is 29.8 Å². The third-order valence-electron chi connectivity index (χ3n) is 5.18. The molecule has 0 saturated carbocycles. The van der Waals surface area contributed by atoms with Gasteiger partial charge in [-0.05, 0) is 24.1 Å². The van der Waals surface area contributed by atoms with E-state index in [2.05, 4.69) is 57.4 Å². The number of primary sulfonamides is 1. The van der Waals surface area contributed by atoms with Crippen LogP contribution >= 0.6 is 11.3 Å². The summed E-state index contributed by atoms with van der Waals surface area (Å²) in [5, 5.41) is 8.53. The summed E-state index contributed by atoms with van der Waals surface area (Å²) in [7, 11) is -1.87. The second kappa shape index (κ2) is 9.71. The number of hydrogen-bond donors (Lipinski definition) is 2. The molecule has 29 heavy (non-hydrogen) atoms. The summed E-state index contributed by atoms with van der Waals surface area (Å²) < 4.78 is 23.0. The van der Waals surface area contributed by atoms with Crippen molar-refractivity contribution in [1.29, 1.82) is 0 Å². The topological polar surface area (TPSA) is 91.0 Å². The predicted molar refractivity (Wildman–Crippen MR) is 119 cm³/mol. The van der Waals surface area contributed by atoms with Gasteiger partial charge in [0.2, 0.25) is 10.0 Å². The van der Waals surface area contributed by atoms with E-state index in [-0.39, 0.29) is 4.21 Å². The van der Waals surface area contributed by atoms with Crippen LogP contribution in [0.15, 0.2) is 51.7 Å². The van der Waals surface area contributed by atoms with E-state index in [0.29, 0.717) is 12.6 Å². The Kier molecular flexibility index (Phi) is 7.28. The number of thiophene rings is 1. The Bertz CT molecular complexity index is 919. The van der Waals surface area contributed by atoms with Crippen molar-refractivity contribution in [3.05, 3.63) is 52.9 Å². The molecule has 0 bridgehead atoms. The number of rotatable bonds is 6. The molecule has 1 aliphatic rings. The van der Waals surface area contributed by atoms with Crippen molar-refractivity contribution in [2.45, 2.75) is 30.1 Å². The number of piperazine rings is 1. The largest absolute Gasteiger partial charge is 0.351 e.